The van der Waals surface area contributed by atoms with Crippen molar-refractivity contribution >= 4 is 25.8 Å². The van der Waals surface area contributed by atoms with Gasteiger partial charge in [0.15, 0.2) is 9.84 Å². The van der Waals surface area contributed by atoms with Crippen LogP contribution in [0.3, 0.4) is 0 Å². The highest BCUT2D eigenvalue weighted by molar-refractivity contribution is 9.09. The first kappa shape index (κ1) is 10.5. The lowest BCUT2D eigenvalue weighted by Gasteiger charge is -2.28. The molecule has 4 heteroatoms. The molecule has 0 aromatic heterocycles. The van der Waals surface area contributed by atoms with Crippen LogP contribution >= 0.6 is 15.9 Å². The van der Waals surface area contributed by atoms with Crippen molar-refractivity contribution in [3.63, 3.8) is 0 Å². The maximum atomic E-state index is 10.8. The number of halogens is 1. The van der Waals surface area contributed by atoms with Gasteiger partial charge in [-0.05, 0) is 18.3 Å². The van der Waals surface area contributed by atoms with E-state index in [4.69, 9.17) is 0 Å². The largest absolute Gasteiger partial charge is 0.229 e. The molecule has 0 radical (unpaired) electrons. The summed E-state index contributed by atoms with van der Waals surface area (Å²) in [6, 6.07) is 0. The third-order valence-electron chi connectivity index (χ3n) is 2.44. The van der Waals surface area contributed by atoms with Crippen LogP contribution in [0.1, 0.15) is 19.8 Å². The zero-order valence-corrected chi connectivity index (χ0v) is 9.70. The molecule has 0 bridgehead atoms. The molecule has 0 N–H and O–H groups in total. The fourth-order valence-corrected chi connectivity index (χ4v) is 3.95. The minimum Gasteiger partial charge on any atom is -0.229 e. The van der Waals surface area contributed by atoms with Crippen LogP contribution in [0.5, 0.6) is 0 Å². The van der Waals surface area contributed by atoms with Gasteiger partial charge in [-0.15, -0.1) is 0 Å². The highest BCUT2D eigenvalue weighted by Crippen LogP contribution is 2.27. The normalized spacial score (nSPS) is 24.8. The van der Waals surface area contributed by atoms with Crippen molar-refractivity contribution in [3.8, 4) is 0 Å². The SMILES string of the molecule is CCC(CBr)CC1CS(=O)(=O)C1. The van der Waals surface area contributed by atoms with Crippen molar-refractivity contribution in [2.24, 2.45) is 11.8 Å². The van der Waals surface area contributed by atoms with E-state index >= 15 is 0 Å². The van der Waals surface area contributed by atoms with E-state index in [1.165, 1.54) is 0 Å². The van der Waals surface area contributed by atoms with Gasteiger partial charge >= 0.3 is 0 Å². The maximum absolute atomic E-state index is 10.8. The highest BCUT2D eigenvalue weighted by atomic mass is 79.9. The first-order chi connectivity index (χ1) is 5.57. The average molecular weight is 255 g/mol. The van der Waals surface area contributed by atoms with Gasteiger partial charge in [0.1, 0.15) is 0 Å². The van der Waals surface area contributed by atoms with E-state index in [1.54, 1.807) is 0 Å². The Labute approximate surface area is 82.8 Å². The molecular formula is C8H15BrO2S. The quantitative estimate of drug-likeness (QED) is 0.718. The monoisotopic (exact) mass is 254 g/mol. The van der Waals surface area contributed by atoms with E-state index < -0.39 is 9.84 Å². The van der Waals surface area contributed by atoms with Gasteiger partial charge < -0.3 is 0 Å². The fraction of sp³-hybridized carbons (Fsp3) is 1.00. The van der Waals surface area contributed by atoms with Crippen LogP contribution < -0.4 is 0 Å². The molecule has 0 saturated carbocycles. The second kappa shape index (κ2) is 4.09. The molecule has 2 nitrogen and oxygen atoms in total. The van der Waals surface area contributed by atoms with Gasteiger partial charge in [-0.3, -0.25) is 0 Å². The molecule has 1 atom stereocenters. The zero-order chi connectivity index (χ0) is 9.19. The topological polar surface area (TPSA) is 34.1 Å². The van der Waals surface area contributed by atoms with Crippen LogP contribution in [0.15, 0.2) is 0 Å². The number of sulfone groups is 1. The number of hydrogen-bond donors (Lipinski definition) is 0. The van der Waals surface area contributed by atoms with E-state index in [1.807, 2.05) is 0 Å². The molecule has 0 aromatic rings. The average Bonchev–Trinajstić information content (AvgIpc) is 1.96. The van der Waals surface area contributed by atoms with Crippen LogP contribution in [-0.4, -0.2) is 25.3 Å². The molecule has 1 heterocycles. The van der Waals surface area contributed by atoms with Crippen molar-refractivity contribution in [1.82, 2.24) is 0 Å². The standard InChI is InChI=1S/C8H15BrO2S/c1-2-7(4-9)3-8-5-12(10,11)6-8/h7-8H,2-6H2,1H3. The molecule has 1 rings (SSSR count). The number of hydrogen-bond acceptors (Lipinski definition) is 2. The first-order valence-corrected chi connectivity index (χ1v) is 7.28. The van der Waals surface area contributed by atoms with Crippen LogP contribution in [0.25, 0.3) is 0 Å². The molecule has 1 unspecified atom stereocenters. The molecule has 0 spiro atoms. The Hall–Kier alpha value is 0.430. The maximum Gasteiger partial charge on any atom is 0.150 e. The predicted octanol–water partition coefficient (Wildman–Crippen LogP) is 1.84. The summed E-state index contributed by atoms with van der Waals surface area (Å²) in [5, 5.41) is 1.00. The summed E-state index contributed by atoms with van der Waals surface area (Å²) in [4.78, 5) is 0. The van der Waals surface area contributed by atoms with Crippen molar-refractivity contribution in [2.45, 2.75) is 19.8 Å². The Morgan fingerprint density at radius 2 is 2.08 bits per heavy atom. The van der Waals surface area contributed by atoms with E-state index in [-0.39, 0.29) is 0 Å². The minimum absolute atomic E-state index is 0.427. The van der Waals surface area contributed by atoms with Crippen LogP contribution in [0, 0.1) is 11.8 Å². The van der Waals surface area contributed by atoms with Gasteiger partial charge in [-0.2, -0.15) is 0 Å². The lowest BCUT2D eigenvalue weighted by Crippen LogP contribution is -2.37. The summed E-state index contributed by atoms with van der Waals surface area (Å²) in [7, 11) is -2.61. The predicted molar refractivity (Wildman–Crippen MR) is 54.3 cm³/mol. The van der Waals surface area contributed by atoms with Crippen LogP contribution in [-0.2, 0) is 9.84 Å². The molecule has 1 aliphatic rings. The van der Waals surface area contributed by atoms with Crippen LogP contribution in [0.4, 0.5) is 0 Å². The Balaban J connectivity index is 2.26. The van der Waals surface area contributed by atoms with Gasteiger partial charge in [0.05, 0.1) is 11.5 Å². The summed E-state index contributed by atoms with van der Waals surface area (Å²) in [6.45, 7) is 2.15. The summed E-state index contributed by atoms with van der Waals surface area (Å²) in [5.41, 5.74) is 0. The summed E-state index contributed by atoms with van der Waals surface area (Å²) in [5.74, 6) is 1.95. The Morgan fingerprint density at radius 1 is 1.50 bits per heavy atom. The Kier molecular flexibility index (Phi) is 3.58. The summed E-state index contributed by atoms with van der Waals surface area (Å²) < 4.78 is 21.7. The first-order valence-electron chi connectivity index (χ1n) is 4.33. The second-order valence-electron chi connectivity index (χ2n) is 3.61. The molecule has 1 fully saturated rings. The Morgan fingerprint density at radius 3 is 2.42 bits per heavy atom. The lowest BCUT2D eigenvalue weighted by molar-refractivity contribution is 0.411. The van der Waals surface area contributed by atoms with Crippen molar-refractivity contribution in [1.29, 1.82) is 0 Å². The molecular weight excluding hydrogens is 240 g/mol. The molecule has 0 amide bonds. The Bertz CT molecular complexity index is 219. The molecule has 1 aliphatic heterocycles. The lowest BCUT2D eigenvalue weighted by atomic mass is 9.96. The fourth-order valence-electron chi connectivity index (χ4n) is 1.62. The third kappa shape index (κ3) is 2.73. The number of rotatable bonds is 4. The minimum atomic E-state index is -2.61. The second-order valence-corrected chi connectivity index (χ2v) is 6.41. The summed E-state index contributed by atoms with van der Waals surface area (Å²) >= 11 is 3.44. The molecule has 72 valence electrons. The van der Waals surface area contributed by atoms with Gasteiger partial charge in [0, 0.05) is 5.33 Å². The third-order valence-corrected chi connectivity index (χ3v) is 5.32. The van der Waals surface area contributed by atoms with E-state index in [2.05, 4.69) is 22.9 Å². The van der Waals surface area contributed by atoms with E-state index in [0.29, 0.717) is 23.3 Å². The van der Waals surface area contributed by atoms with Crippen LogP contribution in [0.2, 0.25) is 0 Å². The van der Waals surface area contributed by atoms with Gasteiger partial charge in [-0.25, -0.2) is 8.42 Å². The van der Waals surface area contributed by atoms with Gasteiger partial charge in [-0.1, -0.05) is 29.3 Å². The smallest absolute Gasteiger partial charge is 0.150 e. The van der Waals surface area contributed by atoms with Gasteiger partial charge in [0.2, 0.25) is 0 Å². The summed E-state index contributed by atoms with van der Waals surface area (Å²) in [6.07, 6.45) is 2.21. The van der Waals surface area contributed by atoms with Crippen molar-refractivity contribution in [2.75, 3.05) is 16.8 Å². The molecule has 0 aliphatic carbocycles. The zero-order valence-electron chi connectivity index (χ0n) is 7.29. The van der Waals surface area contributed by atoms with E-state index in [0.717, 1.165) is 18.2 Å². The number of alkyl halides is 1. The molecule has 12 heavy (non-hydrogen) atoms. The van der Waals surface area contributed by atoms with Gasteiger partial charge in [0.25, 0.3) is 0 Å². The molecule has 1 saturated heterocycles. The van der Waals surface area contributed by atoms with Crippen molar-refractivity contribution < 1.29 is 8.42 Å². The van der Waals surface area contributed by atoms with Crippen molar-refractivity contribution in [3.05, 3.63) is 0 Å². The van der Waals surface area contributed by atoms with E-state index in [9.17, 15) is 8.42 Å². The highest BCUT2D eigenvalue weighted by Gasteiger charge is 2.34. The molecule has 0 aromatic carbocycles.